The first-order chi connectivity index (χ1) is 16.6. The molecule has 1 amide bonds. The molecule has 0 radical (unpaired) electrons. The van der Waals surface area contributed by atoms with Crippen LogP contribution in [0.5, 0.6) is 0 Å². The standard InChI is InChI=1S/C26H30N6O2/c1-20-6-5-9-22(27-20)28-23-10-11-24(30-29-23)31-14-16-32(17-15-31)25(33)26(12-18-34-19-13-26)21-7-3-2-4-8-21/h2-11H,12-19H2,1H3,(H,27,28,29). The van der Waals surface area contributed by atoms with Crippen LogP contribution in [0.25, 0.3) is 0 Å². The lowest BCUT2D eigenvalue weighted by Crippen LogP contribution is -2.56. The Morgan fingerprint density at radius 3 is 2.32 bits per heavy atom. The van der Waals surface area contributed by atoms with Gasteiger partial charge in [-0.25, -0.2) is 4.98 Å². The topological polar surface area (TPSA) is 83.5 Å². The van der Waals surface area contributed by atoms with Crippen LogP contribution in [0.1, 0.15) is 24.1 Å². The Balaban J connectivity index is 1.23. The summed E-state index contributed by atoms with van der Waals surface area (Å²) in [6.45, 7) is 5.99. The molecule has 0 atom stereocenters. The first kappa shape index (κ1) is 22.3. The number of pyridine rings is 1. The van der Waals surface area contributed by atoms with Crippen LogP contribution in [0, 0.1) is 6.92 Å². The number of carbonyl (C=O) groups excluding carboxylic acids is 1. The van der Waals surface area contributed by atoms with Crippen molar-refractivity contribution in [3.8, 4) is 0 Å². The minimum absolute atomic E-state index is 0.220. The molecule has 0 saturated carbocycles. The quantitative estimate of drug-likeness (QED) is 0.628. The summed E-state index contributed by atoms with van der Waals surface area (Å²) in [4.78, 5) is 22.4. The Hall–Kier alpha value is -3.52. The lowest BCUT2D eigenvalue weighted by atomic mass is 9.73. The Bertz CT molecular complexity index is 1110. The van der Waals surface area contributed by atoms with Crippen molar-refractivity contribution in [3.05, 3.63) is 71.9 Å². The molecule has 8 nitrogen and oxygen atoms in total. The first-order valence-corrected chi connectivity index (χ1v) is 11.9. The monoisotopic (exact) mass is 458 g/mol. The van der Waals surface area contributed by atoms with Gasteiger partial charge in [0.2, 0.25) is 5.91 Å². The number of rotatable bonds is 5. The van der Waals surface area contributed by atoms with Gasteiger partial charge in [-0.2, -0.15) is 0 Å². The van der Waals surface area contributed by atoms with Gasteiger partial charge >= 0.3 is 0 Å². The third-order valence-electron chi connectivity index (χ3n) is 6.77. The van der Waals surface area contributed by atoms with Gasteiger partial charge in [-0.05, 0) is 49.6 Å². The highest BCUT2D eigenvalue weighted by atomic mass is 16.5. The number of aromatic nitrogens is 3. The van der Waals surface area contributed by atoms with Crippen LogP contribution in [-0.2, 0) is 14.9 Å². The zero-order valence-corrected chi connectivity index (χ0v) is 19.5. The molecule has 0 bridgehead atoms. The third kappa shape index (κ3) is 4.59. The molecule has 1 aromatic carbocycles. The first-order valence-electron chi connectivity index (χ1n) is 11.9. The van der Waals surface area contributed by atoms with E-state index in [2.05, 4.69) is 37.5 Å². The molecule has 34 heavy (non-hydrogen) atoms. The second-order valence-corrected chi connectivity index (χ2v) is 8.91. The van der Waals surface area contributed by atoms with Gasteiger partial charge in [-0.3, -0.25) is 4.79 Å². The largest absolute Gasteiger partial charge is 0.381 e. The highest BCUT2D eigenvalue weighted by Gasteiger charge is 2.44. The van der Waals surface area contributed by atoms with Gasteiger partial charge in [-0.1, -0.05) is 36.4 Å². The van der Waals surface area contributed by atoms with E-state index >= 15 is 0 Å². The molecule has 0 aliphatic carbocycles. The van der Waals surface area contributed by atoms with Gasteiger partial charge in [0, 0.05) is 45.1 Å². The van der Waals surface area contributed by atoms with Crippen LogP contribution in [0.3, 0.4) is 0 Å². The minimum Gasteiger partial charge on any atom is -0.381 e. The van der Waals surface area contributed by atoms with Crippen molar-refractivity contribution in [1.29, 1.82) is 0 Å². The molecule has 2 aliphatic heterocycles. The molecule has 0 unspecified atom stereocenters. The predicted molar refractivity (Wildman–Crippen MR) is 131 cm³/mol. The smallest absolute Gasteiger partial charge is 0.233 e. The van der Waals surface area contributed by atoms with Gasteiger partial charge in [-0.15, -0.1) is 10.2 Å². The zero-order chi connectivity index (χ0) is 23.4. The van der Waals surface area contributed by atoms with Gasteiger partial charge in [0.25, 0.3) is 0 Å². The van der Waals surface area contributed by atoms with Crippen LogP contribution < -0.4 is 10.2 Å². The van der Waals surface area contributed by atoms with Crippen molar-refractivity contribution in [2.24, 2.45) is 0 Å². The highest BCUT2D eigenvalue weighted by Crippen LogP contribution is 2.37. The molecule has 2 saturated heterocycles. The summed E-state index contributed by atoms with van der Waals surface area (Å²) >= 11 is 0. The van der Waals surface area contributed by atoms with E-state index in [1.165, 1.54) is 0 Å². The number of aryl methyl sites for hydroxylation is 1. The van der Waals surface area contributed by atoms with Crippen LogP contribution in [0.4, 0.5) is 17.5 Å². The molecule has 2 aliphatic rings. The number of amides is 1. The predicted octanol–water partition coefficient (Wildman–Crippen LogP) is 3.32. The van der Waals surface area contributed by atoms with Crippen LogP contribution in [0.15, 0.2) is 60.7 Å². The fourth-order valence-electron chi connectivity index (χ4n) is 4.85. The van der Waals surface area contributed by atoms with E-state index in [4.69, 9.17) is 4.74 Å². The number of hydrogen-bond donors (Lipinski definition) is 1. The Labute approximate surface area is 200 Å². The van der Waals surface area contributed by atoms with Crippen molar-refractivity contribution in [1.82, 2.24) is 20.1 Å². The van der Waals surface area contributed by atoms with Gasteiger partial charge in [0.05, 0.1) is 5.41 Å². The fraction of sp³-hybridized carbons (Fsp3) is 0.385. The van der Waals surface area contributed by atoms with Crippen molar-refractivity contribution >= 4 is 23.4 Å². The lowest BCUT2D eigenvalue weighted by molar-refractivity contribution is -0.141. The summed E-state index contributed by atoms with van der Waals surface area (Å²) < 4.78 is 5.61. The van der Waals surface area contributed by atoms with Crippen LogP contribution in [0.2, 0.25) is 0 Å². The van der Waals surface area contributed by atoms with E-state index in [0.29, 0.717) is 32.1 Å². The number of piperazine rings is 1. The normalized spacial score (nSPS) is 17.9. The third-order valence-corrected chi connectivity index (χ3v) is 6.77. The van der Waals surface area contributed by atoms with E-state index in [1.807, 2.05) is 60.4 Å². The van der Waals surface area contributed by atoms with Crippen molar-refractivity contribution in [3.63, 3.8) is 0 Å². The zero-order valence-electron chi connectivity index (χ0n) is 19.5. The minimum atomic E-state index is -0.487. The number of anilines is 3. The maximum Gasteiger partial charge on any atom is 0.233 e. The van der Waals surface area contributed by atoms with E-state index in [0.717, 1.165) is 48.8 Å². The molecule has 2 aromatic heterocycles. The number of hydrogen-bond acceptors (Lipinski definition) is 7. The van der Waals surface area contributed by atoms with Crippen molar-refractivity contribution in [2.75, 3.05) is 49.6 Å². The molecule has 3 aromatic rings. The summed E-state index contributed by atoms with van der Waals surface area (Å²) in [5, 5.41) is 11.9. The van der Waals surface area contributed by atoms with Crippen LogP contribution >= 0.6 is 0 Å². The van der Waals surface area contributed by atoms with Gasteiger partial charge in [0.1, 0.15) is 5.82 Å². The van der Waals surface area contributed by atoms with E-state index in [9.17, 15) is 4.79 Å². The number of nitrogens with zero attached hydrogens (tertiary/aromatic N) is 5. The summed E-state index contributed by atoms with van der Waals surface area (Å²) in [5.74, 6) is 2.44. The second kappa shape index (κ2) is 9.77. The molecule has 4 heterocycles. The molecule has 1 N–H and O–H groups in total. The molecule has 8 heteroatoms. The maximum absolute atomic E-state index is 13.8. The Morgan fingerprint density at radius 2 is 1.65 bits per heavy atom. The molecule has 176 valence electrons. The summed E-state index contributed by atoms with van der Waals surface area (Å²) in [6.07, 6.45) is 1.46. The summed E-state index contributed by atoms with van der Waals surface area (Å²) in [6, 6.07) is 19.9. The van der Waals surface area contributed by atoms with Gasteiger partial charge in [0.15, 0.2) is 11.6 Å². The average molecular weight is 459 g/mol. The number of ether oxygens (including phenoxy) is 1. The van der Waals surface area contributed by atoms with E-state index < -0.39 is 5.41 Å². The number of carbonyl (C=O) groups is 1. The summed E-state index contributed by atoms with van der Waals surface area (Å²) in [7, 11) is 0. The van der Waals surface area contributed by atoms with E-state index in [-0.39, 0.29) is 5.91 Å². The highest BCUT2D eigenvalue weighted by molar-refractivity contribution is 5.88. The second-order valence-electron chi connectivity index (χ2n) is 8.91. The number of benzene rings is 1. The molecular weight excluding hydrogens is 428 g/mol. The van der Waals surface area contributed by atoms with Crippen molar-refractivity contribution in [2.45, 2.75) is 25.2 Å². The summed E-state index contributed by atoms with van der Waals surface area (Å²) in [5.41, 5.74) is 1.55. The average Bonchev–Trinajstić information content (AvgIpc) is 2.90. The molecule has 0 spiro atoms. The molecular formula is C26H30N6O2. The van der Waals surface area contributed by atoms with Crippen LogP contribution in [-0.4, -0.2) is 65.4 Å². The van der Waals surface area contributed by atoms with E-state index in [1.54, 1.807) is 0 Å². The SMILES string of the molecule is Cc1cccc(Nc2ccc(N3CCN(C(=O)C4(c5ccccc5)CCOCC4)CC3)nn2)n1. The van der Waals surface area contributed by atoms with Gasteiger partial charge < -0.3 is 19.9 Å². The number of nitrogens with one attached hydrogen (secondary N) is 1. The molecule has 2 fully saturated rings. The molecule has 5 rings (SSSR count). The Morgan fingerprint density at radius 1 is 0.882 bits per heavy atom. The maximum atomic E-state index is 13.8. The van der Waals surface area contributed by atoms with Crippen molar-refractivity contribution < 1.29 is 9.53 Å². The fourth-order valence-corrected chi connectivity index (χ4v) is 4.85. The lowest BCUT2D eigenvalue weighted by Gasteiger charge is -2.43. The Kier molecular flexibility index (Phi) is 6.40.